The fourth-order valence-corrected chi connectivity index (χ4v) is 4.48. The standard InChI is InChI=1S/C20H21NO/c22-19-13-7-12-18-17(19)14-21-20(18,15-8-3-1-4-9-15)16-10-5-2-6-11-16/h1-6,8-11,17-18,21H,7,12-14H2. The van der Waals surface area contributed by atoms with Crippen LogP contribution in [0.25, 0.3) is 0 Å². The third kappa shape index (κ3) is 1.94. The first-order valence-corrected chi connectivity index (χ1v) is 8.21. The normalized spacial score (nSPS) is 26.6. The van der Waals surface area contributed by atoms with Crippen LogP contribution in [0.2, 0.25) is 0 Å². The summed E-state index contributed by atoms with van der Waals surface area (Å²) in [6.45, 7) is 0.799. The Hall–Kier alpha value is -1.93. The van der Waals surface area contributed by atoms with E-state index in [4.69, 9.17) is 0 Å². The van der Waals surface area contributed by atoms with Crippen molar-refractivity contribution in [2.24, 2.45) is 11.8 Å². The molecule has 1 saturated carbocycles. The Bertz CT molecular complexity index is 625. The van der Waals surface area contributed by atoms with Crippen LogP contribution in [0.5, 0.6) is 0 Å². The summed E-state index contributed by atoms with van der Waals surface area (Å²) < 4.78 is 0. The molecule has 0 aromatic heterocycles. The SMILES string of the molecule is O=C1CCCC2C1CNC2(c1ccccc1)c1ccccc1. The molecule has 2 aromatic carbocycles. The molecule has 0 spiro atoms. The molecule has 4 rings (SSSR count). The lowest BCUT2D eigenvalue weighted by molar-refractivity contribution is -0.125. The number of Topliss-reactive ketones (excluding diaryl/α,β-unsaturated/α-hetero) is 1. The number of carbonyl (C=O) groups is 1. The Morgan fingerprint density at radius 2 is 1.50 bits per heavy atom. The molecule has 0 bridgehead atoms. The molecule has 2 heteroatoms. The van der Waals surface area contributed by atoms with Gasteiger partial charge < -0.3 is 5.32 Å². The molecule has 2 atom stereocenters. The molecule has 0 amide bonds. The highest BCUT2D eigenvalue weighted by molar-refractivity contribution is 5.83. The quantitative estimate of drug-likeness (QED) is 0.917. The summed E-state index contributed by atoms with van der Waals surface area (Å²) in [5.41, 5.74) is 2.34. The van der Waals surface area contributed by atoms with Crippen molar-refractivity contribution >= 4 is 5.78 Å². The molecule has 22 heavy (non-hydrogen) atoms. The Morgan fingerprint density at radius 1 is 0.909 bits per heavy atom. The van der Waals surface area contributed by atoms with Gasteiger partial charge in [-0.25, -0.2) is 0 Å². The van der Waals surface area contributed by atoms with E-state index in [2.05, 4.69) is 66.0 Å². The predicted molar refractivity (Wildman–Crippen MR) is 87.5 cm³/mol. The fourth-order valence-electron chi connectivity index (χ4n) is 4.48. The molecule has 2 fully saturated rings. The Labute approximate surface area is 131 Å². The van der Waals surface area contributed by atoms with Crippen LogP contribution in [0.1, 0.15) is 30.4 Å². The molecular formula is C20H21NO. The number of carbonyl (C=O) groups excluding carboxylic acids is 1. The zero-order valence-corrected chi connectivity index (χ0v) is 12.7. The van der Waals surface area contributed by atoms with Crippen LogP contribution >= 0.6 is 0 Å². The Kier molecular flexibility index (Phi) is 3.34. The lowest BCUT2D eigenvalue weighted by Crippen LogP contribution is -2.44. The van der Waals surface area contributed by atoms with Crippen molar-refractivity contribution in [1.29, 1.82) is 0 Å². The number of benzene rings is 2. The Balaban J connectivity index is 1.89. The predicted octanol–water partition coefficient (Wildman–Crippen LogP) is 3.52. The van der Waals surface area contributed by atoms with Crippen molar-refractivity contribution in [2.75, 3.05) is 6.54 Å². The largest absolute Gasteiger partial charge is 0.303 e. The number of hydrogen-bond acceptors (Lipinski definition) is 2. The molecular weight excluding hydrogens is 270 g/mol. The minimum atomic E-state index is -0.219. The zero-order chi connectivity index (χ0) is 15.0. The first-order valence-electron chi connectivity index (χ1n) is 8.21. The van der Waals surface area contributed by atoms with Crippen LogP contribution in [0, 0.1) is 11.8 Å². The van der Waals surface area contributed by atoms with Crippen LogP contribution in [-0.4, -0.2) is 12.3 Å². The molecule has 0 radical (unpaired) electrons. The van der Waals surface area contributed by atoms with E-state index in [1.165, 1.54) is 11.1 Å². The summed E-state index contributed by atoms with van der Waals surface area (Å²) >= 11 is 0. The van der Waals surface area contributed by atoms with Crippen molar-refractivity contribution in [3.8, 4) is 0 Å². The van der Waals surface area contributed by atoms with Crippen LogP contribution in [0.3, 0.4) is 0 Å². The van der Waals surface area contributed by atoms with Gasteiger partial charge in [0.15, 0.2) is 0 Å². The molecule has 1 aliphatic heterocycles. The second-order valence-electron chi connectivity index (χ2n) is 6.49. The number of rotatable bonds is 2. The maximum Gasteiger partial charge on any atom is 0.137 e. The van der Waals surface area contributed by atoms with Gasteiger partial charge in [-0.3, -0.25) is 4.79 Å². The van der Waals surface area contributed by atoms with Crippen molar-refractivity contribution in [1.82, 2.24) is 5.32 Å². The van der Waals surface area contributed by atoms with E-state index < -0.39 is 0 Å². The first-order chi connectivity index (χ1) is 10.8. The van der Waals surface area contributed by atoms with E-state index in [1.807, 2.05) is 0 Å². The highest BCUT2D eigenvalue weighted by Gasteiger charge is 2.53. The molecule has 1 saturated heterocycles. The summed E-state index contributed by atoms with van der Waals surface area (Å²) in [5, 5.41) is 3.75. The Morgan fingerprint density at radius 3 is 2.09 bits per heavy atom. The molecule has 2 aliphatic rings. The minimum Gasteiger partial charge on any atom is -0.303 e. The maximum absolute atomic E-state index is 12.4. The second-order valence-corrected chi connectivity index (χ2v) is 6.49. The van der Waals surface area contributed by atoms with E-state index in [-0.39, 0.29) is 11.5 Å². The van der Waals surface area contributed by atoms with Gasteiger partial charge in [-0.1, -0.05) is 60.7 Å². The van der Waals surface area contributed by atoms with Gasteiger partial charge in [0.25, 0.3) is 0 Å². The second kappa shape index (κ2) is 5.36. The minimum absolute atomic E-state index is 0.161. The summed E-state index contributed by atoms with van der Waals surface area (Å²) in [7, 11) is 0. The van der Waals surface area contributed by atoms with Gasteiger partial charge in [0.2, 0.25) is 0 Å². The van der Waals surface area contributed by atoms with Crippen molar-refractivity contribution in [3.63, 3.8) is 0 Å². The first kappa shape index (κ1) is 13.7. The average Bonchev–Trinajstić information content (AvgIpc) is 2.98. The fraction of sp³-hybridized carbons (Fsp3) is 0.350. The van der Waals surface area contributed by atoms with Gasteiger partial charge in [0, 0.05) is 18.9 Å². The van der Waals surface area contributed by atoms with Crippen molar-refractivity contribution < 1.29 is 4.79 Å². The summed E-state index contributed by atoms with van der Waals surface area (Å²) in [4.78, 5) is 12.4. The average molecular weight is 291 g/mol. The highest BCUT2D eigenvalue weighted by atomic mass is 16.1. The van der Waals surface area contributed by atoms with Gasteiger partial charge in [-0.15, -0.1) is 0 Å². The highest BCUT2D eigenvalue weighted by Crippen LogP contribution is 2.49. The van der Waals surface area contributed by atoms with Gasteiger partial charge in [0.05, 0.1) is 5.54 Å². The molecule has 2 unspecified atom stereocenters. The van der Waals surface area contributed by atoms with Gasteiger partial charge in [-0.2, -0.15) is 0 Å². The van der Waals surface area contributed by atoms with E-state index in [0.717, 1.165) is 25.8 Å². The lowest BCUT2D eigenvalue weighted by Gasteiger charge is -2.40. The van der Waals surface area contributed by atoms with E-state index in [1.54, 1.807) is 0 Å². The zero-order valence-electron chi connectivity index (χ0n) is 12.7. The monoisotopic (exact) mass is 291 g/mol. The maximum atomic E-state index is 12.4. The van der Waals surface area contributed by atoms with Gasteiger partial charge >= 0.3 is 0 Å². The van der Waals surface area contributed by atoms with Gasteiger partial charge in [0.1, 0.15) is 5.78 Å². The topological polar surface area (TPSA) is 29.1 Å². The van der Waals surface area contributed by atoms with E-state index >= 15 is 0 Å². The molecule has 1 aliphatic carbocycles. The third-order valence-electron chi connectivity index (χ3n) is 5.45. The summed E-state index contributed by atoms with van der Waals surface area (Å²) in [6, 6.07) is 21.3. The number of ketones is 1. The van der Waals surface area contributed by atoms with Crippen LogP contribution in [-0.2, 0) is 10.3 Å². The van der Waals surface area contributed by atoms with E-state index in [9.17, 15) is 4.79 Å². The van der Waals surface area contributed by atoms with Crippen LogP contribution in [0.4, 0.5) is 0 Å². The van der Waals surface area contributed by atoms with E-state index in [0.29, 0.717) is 11.7 Å². The third-order valence-corrected chi connectivity index (χ3v) is 5.45. The van der Waals surface area contributed by atoms with Crippen molar-refractivity contribution in [3.05, 3.63) is 71.8 Å². The number of nitrogens with one attached hydrogen (secondary N) is 1. The van der Waals surface area contributed by atoms with Gasteiger partial charge in [-0.05, 0) is 29.9 Å². The number of fused-ring (bicyclic) bond motifs is 1. The lowest BCUT2D eigenvalue weighted by atomic mass is 9.66. The molecule has 2 aromatic rings. The summed E-state index contributed by atoms with van der Waals surface area (Å²) in [6.07, 6.45) is 2.89. The molecule has 1 N–H and O–H groups in total. The smallest absolute Gasteiger partial charge is 0.137 e. The number of hydrogen-bond donors (Lipinski definition) is 1. The van der Waals surface area contributed by atoms with Crippen LogP contribution in [0.15, 0.2) is 60.7 Å². The van der Waals surface area contributed by atoms with Crippen molar-refractivity contribution in [2.45, 2.75) is 24.8 Å². The summed E-state index contributed by atoms with van der Waals surface area (Å²) in [5.74, 6) is 0.963. The molecule has 112 valence electrons. The van der Waals surface area contributed by atoms with Crippen LogP contribution < -0.4 is 5.32 Å². The molecule has 2 nitrogen and oxygen atoms in total. The molecule has 1 heterocycles.